The monoisotopic (exact) mass is 254 g/mol. The molecule has 17 heavy (non-hydrogen) atoms. The summed E-state index contributed by atoms with van der Waals surface area (Å²) in [6, 6.07) is 0.474. The molecule has 1 aromatic heterocycles. The highest BCUT2D eigenvalue weighted by Gasteiger charge is 2.25. The van der Waals surface area contributed by atoms with Crippen molar-refractivity contribution in [1.29, 1.82) is 0 Å². The Morgan fingerprint density at radius 2 is 1.82 bits per heavy atom. The zero-order valence-corrected chi connectivity index (χ0v) is 13.0. The summed E-state index contributed by atoms with van der Waals surface area (Å²) in [6.07, 6.45) is 1.01. The van der Waals surface area contributed by atoms with Crippen molar-refractivity contribution in [3.05, 3.63) is 16.1 Å². The minimum absolute atomic E-state index is 0.158. The number of thiazole rings is 1. The summed E-state index contributed by atoms with van der Waals surface area (Å²) in [5, 5.41) is 6.84. The first-order valence-corrected chi connectivity index (χ1v) is 7.14. The second-order valence-corrected chi connectivity index (χ2v) is 7.73. The minimum Gasteiger partial charge on any atom is -0.316 e. The molecule has 0 aliphatic carbocycles. The fourth-order valence-corrected chi connectivity index (χ4v) is 2.83. The van der Waals surface area contributed by atoms with Gasteiger partial charge in [-0.05, 0) is 12.5 Å². The molecule has 98 valence electrons. The molecule has 0 fully saturated rings. The second-order valence-electron chi connectivity index (χ2n) is 6.79. The lowest BCUT2D eigenvalue weighted by molar-refractivity contribution is 0.279. The van der Waals surface area contributed by atoms with Gasteiger partial charge in [0.25, 0.3) is 0 Å². The zero-order valence-electron chi connectivity index (χ0n) is 12.2. The van der Waals surface area contributed by atoms with Crippen LogP contribution in [0.5, 0.6) is 0 Å². The smallest absolute Gasteiger partial charge is 0.0944 e. The van der Waals surface area contributed by atoms with Gasteiger partial charge in [0.1, 0.15) is 0 Å². The molecule has 0 saturated carbocycles. The summed E-state index contributed by atoms with van der Waals surface area (Å²) in [6.45, 7) is 13.5. The molecular formula is C14H26N2S. The fraction of sp³-hybridized carbons (Fsp3) is 0.786. The van der Waals surface area contributed by atoms with E-state index < -0.39 is 0 Å². The van der Waals surface area contributed by atoms with Crippen molar-refractivity contribution in [2.75, 3.05) is 7.05 Å². The lowest BCUT2D eigenvalue weighted by Crippen LogP contribution is -2.39. The molecule has 1 heterocycles. The molecule has 0 radical (unpaired) electrons. The van der Waals surface area contributed by atoms with E-state index in [1.165, 1.54) is 10.7 Å². The molecule has 0 aliphatic heterocycles. The van der Waals surface area contributed by atoms with Crippen molar-refractivity contribution in [2.45, 2.75) is 59.4 Å². The van der Waals surface area contributed by atoms with Crippen LogP contribution in [0.2, 0.25) is 0 Å². The van der Waals surface area contributed by atoms with Gasteiger partial charge in [-0.1, -0.05) is 41.5 Å². The Balaban J connectivity index is 2.79. The quantitative estimate of drug-likeness (QED) is 0.891. The fourth-order valence-electron chi connectivity index (χ4n) is 1.77. The molecule has 0 aromatic carbocycles. The lowest BCUT2D eigenvalue weighted by atomic mass is 9.85. The van der Waals surface area contributed by atoms with E-state index in [2.05, 4.69) is 52.2 Å². The van der Waals surface area contributed by atoms with E-state index in [9.17, 15) is 0 Å². The van der Waals surface area contributed by atoms with Gasteiger partial charge in [-0.15, -0.1) is 11.3 Å². The maximum Gasteiger partial charge on any atom is 0.0944 e. The van der Waals surface area contributed by atoms with E-state index in [1.807, 2.05) is 7.05 Å². The predicted octanol–water partition coefficient (Wildman–Crippen LogP) is 3.62. The Hall–Kier alpha value is -0.410. The van der Waals surface area contributed by atoms with Crippen LogP contribution in [0.1, 0.15) is 52.2 Å². The molecule has 0 saturated heterocycles. The van der Waals surface area contributed by atoms with Crippen molar-refractivity contribution in [3.8, 4) is 0 Å². The largest absolute Gasteiger partial charge is 0.316 e. The Morgan fingerprint density at radius 3 is 2.18 bits per heavy atom. The van der Waals surface area contributed by atoms with E-state index in [0.717, 1.165) is 6.42 Å². The van der Waals surface area contributed by atoms with Gasteiger partial charge in [0, 0.05) is 23.3 Å². The number of aromatic nitrogens is 1. The minimum atomic E-state index is 0.158. The van der Waals surface area contributed by atoms with Gasteiger partial charge in [0.15, 0.2) is 0 Å². The van der Waals surface area contributed by atoms with Crippen LogP contribution in [0.25, 0.3) is 0 Å². The standard InChI is InChI=1S/C14H26N2S/c1-13(2,3)10(15-7)8-12-16-11(9-17-12)14(4,5)6/h9-10,15H,8H2,1-7H3. The summed E-state index contributed by atoms with van der Waals surface area (Å²) in [5.74, 6) is 0. The Morgan fingerprint density at radius 1 is 1.24 bits per heavy atom. The van der Waals surface area contributed by atoms with Gasteiger partial charge >= 0.3 is 0 Å². The average molecular weight is 254 g/mol. The third kappa shape index (κ3) is 4.07. The first kappa shape index (κ1) is 14.7. The van der Waals surface area contributed by atoms with Crippen molar-refractivity contribution < 1.29 is 0 Å². The Kier molecular flexibility index (Phi) is 4.37. The topological polar surface area (TPSA) is 24.9 Å². The Bertz CT molecular complexity index is 355. The van der Waals surface area contributed by atoms with Gasteiger partial charge in [-0.2, -0.15) is 0 Å². The molecular weight excluding hydrogens is 228 g/mol. The first-order chi connectivity index (χ1) is 7.64. The normalized spacial score (nSPS) is 15.0. The van der Waals surface area contributed by atoms with Crippen LogP contribution in [0, 0.1) is 5.41 Å². The van der Waals surface area contributed by atoms with Crippen LogP contribution >= 0.6 is 11.3 Å². The van der Waals surface area contributed by atoms with Gasteiger partial charge < -0.3 is 5.32 Å². The van der Waals surface area contributed by atoms with Crippen LogP contribution in [-0.4, -0.2) is 18.1 Å². The second kappa shape index (κ2) is 5.07. The molecule has 0 bridgehead atoms. The molecule has 3 heteroatoms. The van der Waals surface area contributed by atoms with E-state index >= 15 is 0 Å². The molecule has 1 aromatic rings. The molecule has 2 nitrogen and oxygen atoms in total. The third-order valence-electron chi connectivity index (χ3n) is 3.09. The van der Waals surface area contributed by atoms with Crippen LogP contribution < -0.4 is 5.32 Å². The maximum atomic E-state index is 4.76. The third-order valence-corrected chi connectivity index (χ3v) is 3.96. The van der Waals surface area contributed by atoms with Crippen molar-refractivity contribution in [3.63, 3.8) is 0 Å². The molecule has 0 amide bonds. The maximum absolute atomic E-state index is 4.76. The summed E-state index contributed by atoms with van der Waals surface area (Å²) in [5.41, 5.74) is 1.63. The predicted molar refractivity (Wildman–Crippen MR) is 76.8 cm³/mol. The average Bonchev–Trinajstić information content (AvgIpc) is 2.59. The number of likely N-dealkylation sites (N-methyl/N-ethyl adjacent to an activating group) is 1. The molecule has 1 rings (SSSR count). The van der Waals surface area contributed by atoms with Gasteiger partial charge in [-0.3, -0.25) is 0 Å². The van der Waals surface area contributed by atoms with E-state index in [1.54, 1.807) is 11.3 Å². The van der Waals surface area contributed by atoms with Crippen molar-refractivity contribution >= 4 is 11.3 Å². The first-order valence-electron chi connectivity index (χ1n) is 6.26. The number of nitrogens with one attached hydrogen (secondary N) is 1. The van der Waals surface area contributed by atoms with E-state index in [4.69, 9.17) is 4.98 Å². The molecule has 1 unspecified atom stereocenters. The van der Waals surface area contributed by atoms with Gasteiger partial charge in [-0.25, -0.2) is 4.98 Å². The van der Waals surface area contributed by atoms with Crippen molar-refractivity contribution in [1.82, 2.24) is 10.3 Å². The summed E-state index contributed by atoms with van der Waals surface area (Å²) in [7, 11) is 2.04. The Labute approximate surface area is 110 Å². The highest BCUT2D eigenvalue weighted by molar-refractivity contribution is 7.09. The summed E-state index contributed by atoms with van der Waals surface area (Å²) in [4.78, 5) is 4.76. The SMILES string of the molecule is CNC(Cc1nc(C(C)(C)C)cs1)C(C)(C)C. The number of nitrogens with zero attached hydrogens (tertiary/aromatic N) is 1. The molecule has 0 spiro atoms. The molecule has 0 aliphatic rings. The number of hydrogen-bond donors (Lipinski definition) is 1. The lowest BCUT2D eigenvalue weighted by Gasteiger charge is -2.29. The summed E-state index contributed by atoms with van der Waals surface area (Å²) < 4.78 is 0. The van der Waals surface area contributed by atoms with Gasteiger partial charge in [0.05, 0.1) is 10.7 Å². The highest BCUT2D eigenvalue weighted by Crippen LogP contribution is 2.27. The van der Waals surface area contributed by atoms with Crippen LogP contribution in [0.15, 0.2) is 5.38 Å². The van der Waals surface area contributed by atoms with Gasteiger partial charge in [0.2, 0.25) is 0 Å². The van der Waals surface area contributed by atoms with Crippen LogP contribution in [-0.2, 0) is 11.8 Å². The van der Waals surface area contributed by atoms with Crippen LogP contribution in [0.4, 0.5) is 0 Å². The zero-order chi connectivity index (χ0) is 13.3. The summed E-state index contributed by atoms with van der Waals surface area (Å²) >= 11 is 1.79. The van der Waals surface area contributed by atoms with Crippen molar-refractivity contribution in [2.24, 2.45) is 5.41 Å². The number of rotatable bonds is 3. The van der Waals surface area contributed by atoms with E-state index in [-0.39, 0.29) is 10.8 Å². The van der Waals surface area contributed by atoms with E-state index in [0.29, 0.717) is 6.04 Å². The van der Waals surface area contributed by atoms with Crippen LogP contribution in [0.3, 0.4) is 0 Å². The molecule has 1 N–H and O–H groups in total. The highest BCUT2D eigenvalue weighted by atomic mass is 32.1. The number of hydrogen-bond acceptors (Lipinski definition) is 3. The molecule has 1 atom stereocenters.